The Morgan fingerprint density at radius 3 is 2.78 bits per heavy atom. The van der Waals surface area contributed by atoms with Crippen molar-refractivity contribution in [3.63, 3.8) is 0 Å². The number of hydrogen-bond acceptors (Lipinski definition) is 6. The smallest absolute Gasteiger partial charge is 0.322 e. The number of rotatable bonds is 3. The molecule has 1 aromatic heterocycles. The monoisotopic (exact) mass is 265 g/mol. The SMILES string of the molecule is COc1nc(N)nc(Nc2cccc(Cl)c2C)n1. The van der Waals surface area contributed by atoms with E-state index in [4.69, 9.17) is 22.1 Å². The van der Waals surface area contributed by atoms with Gasteiger partial charge in [-0.3, -0.25) is 0 Å². The van der Waals surface area contributed by atoms with Crippen LogP contribution in [0.5, 0.6) is 6.01 Å². The molecule has 6 nitrogen and oxygen atoms in total. The molecule has 0 atom stereocenters. The van der Waals surface area contributed by atoms with Crippen molar-refractivity contribution in [1.29, 1.82) is 0 Å². The van der Waals surface area contributed by atoms with Gasteiger partial charge in [0.15, 0.2) is 0 Å². The first-order valence-corrected chi connectivity index (χ1v) is 5.55. The van der Waals surface area contributed by atoms with Crippen molar-refractivity contribution >= 4 is 29.2 Å². The average molecular weight is 266 g/mol. The maximum atomic E-state index is 6.03. The zero-order valence-electron chi connectivity index (χ0n) is 9.94. The van der Waals surface area contributed by atoms with E-state index in [2.05, 4.69) is 20.3 Å². The Hall–Kier alpha value is -2.08. The first kappa shape index (κ1) is 12.4. The molecule has 0 unspecified atom stereocenters. The number of aromatic nitrogens is 3. The van der Waals surface area contributed by atoms with Crippen LogP contribution in [0.1, 0.15) is 5.56 Å². The van der Waals surface area contributed by atoms with Crippen LogP contribution in [0, 0.1) is 6.92 Å². The molecule has 0 bridgehead atoms. The molecule has 0 fully saturated rings. The molecule has 0 amide bonds. The Bertz CT molecular complexity index is 575. The molecule has 94 valence electrons. The summed E-state index contributed by atoms with van der Waals surface area (Å²) in [6.45, 7) is 1.90. The van der Waals surface area contributed by atoms with Crippen molar-refractivity contribution in [2.24, 2.45) is 0 Å². The van der Waals surface area contributed by atoms with Crippen LogP contribution in [0.4, 0.5) is 17.6 Å². The lowest BCUT2D eigenvalue weighted by Gasteiger charge is -2.09. The molecular weight excluding hydrogens is 254 g/mol. The van der Waals surface area contributed by atoms with E-state index in [1.165, 1.54) is 7.11 Å². The minimum absolute atomic E-state index is 0.0871. The second-order valence-electron chi connectivity index (χ2n) is 3.54. The summed E-state index contributed by atoms with van der Waals surface area (Å²) in [4.78, 5) is 11.8. The zero-order valence-corrected chi connectivity index (χ0v) is 10.7. The summed E-state index contributed by atoms with van der Waals surface area (Å²) in [5.74, 6) is 0.397. The third kappa shape index (κ3) is 2.60. The Morgan fingerprint density at radius 2 is 2.06 bits per heavy atom. The van der Waals surface area contributed by atoms with Gasteiger partial charge in [0.1, 0.15) is 0 Å². The number of nitrogens with two attached hydrogens (primary N) is 1. The first-order chi connectivity index (χ1) is 8.60. The molecule has 2 rings (SSSR count). The Morgan fingerprint density at radius 1 is 1.28 bits per heavy atom. The van der Waals surface area contributed by atoms with Crippen molar-refractivity contribution < 1.29 is 4.74 Å². The zero-order chi connectivity index (χ0) is 13.1. The third-order valence-corrected chi connectivity index (χ3v) is 2.74. The fourth-order valence-electron chi connectivity index (χ4n) is 1.38. The lowest BCUT2D eigenvalue weighted by molar-refractivity contribution is 0.380. The summed E-state index contributed by atoms with van der Waals surface area (Å²) in [5, 5.41) is 3.68. The molecule has 2 aromatic rings. The van der Waals surface area contributed by atoms with Gasteiger partial charge in [-0.25, -0.2) is 0 Å². The largest absolute Gasteiger partial charge is 0.467 e. The Labute approximate surface area is 109 Å². The predicted octanol–water partition coefficient (Wildman–Crippen LogP) is 2.17. The summed E-state index contributed by atoms with van der Waals surface area (Å²) < 4.78 is 4.92. The summed E-state index contributed by atoms with van der Waals surface area (Å²) in [5.41, 5.74) is 7.25. The fraction of sp³-hybridized carbons (Fsp3) is 0.182. The highest BCUT2D eigenvalue weighted by Gasteiger charge is 2.07. The van der Waals surface area contributed by atoms with E-state index in [0.717, 1.165) is 11.3 Å². The molecule has 1 heterocycles. The van der Waals surface area contributed by atoms with Gasteiger partial charge in [0.05, 0.1) is 7.11 Å². The molecular formula is C11H12ClN5O. The quantitative estimate of drug-likeness (QED) is 0.885. The van der Waals surface area contributed by atoms with E-state index >= 15 is 0 Å². The Balaban J connectivity index is 2.34. The number of methoxy groups -OCH3 is 1. The van der Waals surface area contributed by atoms with Gasteiger partial charge in [-0.1, -0.05) is 17.7 Å². The normalized spacial score (nSPS) is 10.2. The van der Waals surface area contributed by atoms with E-state index < -0.39 is 0 Å². The highest BCUT2D eigenvalue weighted by molar-refractivity contribution is 6.31. The summed E-state index contributed by atoms with van der Waals surface area (Å²) in [7, 11) is 1.46. The number of ether oxygens (including phenoxy) is 1. The topological polar surface area (TPSA) is 86.0 Å². The van der Waals surface area contributed by atoms with Gasteiger partial charge in [-0.2, -0.15) is 15.0 Å². The van der Waals surface area contributed by atoms with Crippen molar-refractivity contribution in [3.8, 4) is 6.01 Å². The molecule has 0 spiro atoms. The van der Waals surface area contributed by atoms with Crippen molar-refractivity contribution in [2.75, 3.05) is 18.2 Å². The van der Waals surface area contributed by atoms with Crippen LogP contribution in [0.15, 0.2) is 18.2 Å². The van der Waals surface area contributed by atoms with Crippen LogP contribution >= 0.6 is 11.6 Å². The summed E-state index contributed by atoms with van der Waals surface area (Å²) in [6, 6.07) is 5.67. The number of benzene rings is 1. The summed E-state index contributed by atoms with van der Waals surface area (Å²) >= 11 is 6.03. The van der Waals surface area contributed by atoms with E-state index in [0.29, 0.717) is 11.0 Å². The maximum Gasteiger partial charge on any atom is 0.322 e. The van der Waals surface area contributed by atoms with Crippen molar-refractivity contribution in [3.05, 3.63) is 28.8 Å². The fourth-order valence-corrected chi connectivity index (χ4v) is 1.56. The van der Waals surface area contributed by atoms with Crippen LogP contribution in [0.3, 0.4) is 0 Å². The van der Waals surface area contributed by atoms with E-state index in [9.17, 15) is 0 Å². The number of anilines is 3. The number of nitrogens with one attached hydrogen (secondary N) is 1. The standard InChI is InChI=1S/C11H12ClN5O/c1-6-7(12)4-3-5-8(6)14-10-15-9(13)16-11(17-10)18-2/h3-5H,1-2H3,(H3,13,14,15,16,17). The second-order valence-corrected chi connectivity index (χ2v) is 3.95. The van der Waals surface area contributed by atoms with Crippen LogP contribution in [0.25, 0.3) is 0 Å². The molecule has 3 N–H and O–H groups in total. The third-order valence-electron chi connectivity index (χ3n) is 2.33. The molecule has 7 heteroatoms. The van der Waals surface area contributed by atoms with Crippen LogP contribution < -0.4 is 15.8 Å². The summed E-state index contributed by atoms with van der Waals surface area (Å²) in [6.07, 6.45) is 0. The Kier molecular flexibility index (Phi) is 3.47. The first-order valence-electron chi connectivity index (χ1n) is 5.18. The molecule has 0 aliphatic heterocycles. The highest BCUT2D eigenvalue weighted by Crippen LogP contribution is 2.25. The molecule has 0 aliphatic rings. The second kappa shape index (κ2) is 5.05. The van der Waals surface area contributed by atoms with Crippen LogP contribution in [-0.4, -0.2) is 22.1 Å². The van der Waals surface area contributed by atoms with Gasteiger partial charge in [0.2, 0.25) is 11.9 Å². The molecule has 0 radical (unpaired) electrons. The van der Waals surface area contributed by atoms with Gasteiger partial charge in [-0.05, 0) is 24.6 Å². The molecule has 0 saturated heterocycles. The lowest BCUT2D eigenvalue weighted by Crippen LogP contribution is -2.05. The number of nitrogen functional groups attached to an aromatic ring is 1. The number of halogens is 1. The van der Waals surface area contributed by atoms with Gasteiger partial charge >= 0.3 is 6.01 Å². The van der Waals surface area contributed by atoms with Crippen molar-refractivity contribution in [2.45, 2.75) is 6.92 Å². The van der Waals surface area contributed by atoms with Gasteiger partial charge in [-0.15, -0.1) is 0 Å². The molecule has 1 aromatic carbocycles. The van der Waals surface area contributed by atoms with Gasteiger partial charge in [0, 0.05) is 10.7 Å². The predicted molar refractivity (Wildman–Crippen MR) is 70.3 cm³/mol. The lowest BCUT2D eigenvalue weighted by atomic mass is 10.2. The molecule has 0 aliphatic carbocycles. The van der Waals surface area contributed by atoms with E-state index in [-0.39, 0.29) is 12.0 Å². The molecule has 0 saturated carbocycles. The van der Waals surface area contributed by atoms with Gasteiger partial charge < -0.3 is 15.8 Å². The maximum absolute atomic E-state index is 6.03. The minimum Gasteiger partial charge on any atom is -0.467 e. The average Bonchev–Trinajstić information content (AvgIpc) is 2.34. The molecule has 18 heavy (non-hydrogen) atoms. The van der Waals surface area contributed by atoms with Crippen molar-refractivity contribution in [1.82, 2.24) is 15.0 Å². The van der Waals surface area contributed by atoms with Crippen LogP contribution in [0.2, 0.25) is 5.02 Å². The van der Waals surface area contributed by atoms with E-state index in [1.54, 1.807) is 0 Å². The highest BCUT2D eigenvalue weighted by atomic mass is 35.5. The van der Waals surface area contributed by atoms with E-state index in [1.807, 2.05) is 25.1 Å². The van der Waals surface area contributed by atoms with Gasteiger partial charge in [0.25, 0.3) is 0 Å². The number of hydrogen-bond donors (Lipinski definition) is 2. The number of nitrogens with zero attached hydrogens (tertiary/aromatic N) is 3. The van der Waals surface area contributed by atoms with Crippen LogP contribution in [-0.2, 0) is 0 Å². The minimum atomic E-state index is 0.0871.